The van der Waals surface area contributed by atoms with Crippen LogP contribution in [-0.4, -0.2) is 33.9 Å². The lowest BCUT2D eigenvalue weighted by Gasteiger charge is -2.10. The average molecular weight is 397 g/mol. The summed E-state index contributed by atoms with van der Waals surface area (Å²) < 4.78 is 31.2. The Morgan fingerprint density at radius 2 is 1.73 bits per heavy atom. The fraction of sp³-hybridized carbons (Fsp3) is 0.176. The highest BCUT2D eigenvalue weighted by Crippen LogP contribution is 2.16. The van der Waals surface area contributed by atoms with Gasteiger partial charge in [0, 0.05) is 18.0 Å². The van der Waals surface area contributed by atoms with Crippen LogP contribution in [0.25, 0.3) is 0 Å². The Kier molecular flexibility index (Phi) is 6.73. The van der Waals surface area contributed by atoms with Gasteiger partial charge in [0.1, 0.15) is 0 Å². The summed E-state index contributed by atoms with van der Waals surface area (Å²) in [4.78, 5) is 23.7. The summed E-state index contributed by atoms with van der Waals surface area (Å²) in [5.41, 5.74) is 0.509. The van der Waals surface area contributed by atoms with E-state index in [1.54, 1.807) is 18.2 Å². The van der Waals surface area contributed by atoms with E-state index < -0.39 is 21.9 Å². The van der Waals surface area contributed by atoms with E-state index in [4.69, 9.17) is 11.6 Å². The number of methoxy groups -OCH3 is 1. The molecule has 0 aliphatic rings. The van der Waals surface area contributed by atoms with Crippen LogP contribution in [0.5, 0.6) is 0 Å². The second kappa shape index (κ2) is 8.79. The number of sulfonamides is 1. The Morgan fingerprint density at radius 1 is 1.08 bits per heavy atom. The van der Waals surface area contributed by atoms with Gasteiger partial charge in [0.25, 0.3) is 0 Å². The van der Waals surface area contributed by atoms with Gasteiger partial charge in [0.15, 0.2) is 0 Å². The van der Waals surface area contributed by atoms with Gasteiger partial charge in [-0.05, 0) is 36.4 Å². The van der Waals surface area contributed by atoms with Gasteiger partial charge >= 0.3 is 5.97 Å². The summed E-state index contributed by atoms with van der Waals surface area (Å²) in [6.45, 7) is -0.100. The summed E-state index contributed by atoms with van der Waals surface area (Å²) in [6, 6.07) is 12.0. The van der Waals surface area contributed by atoms with Gasteiger partial charge in [0.05, 0.1) is 23.3 Å². The molecular formula is C17H17ClN2O5S. The van der Waals surface area contributed by atoms with Gasteiger partial charge in [-0.15, -0.1) is 0 Å². The van der Waals surface area contributed by atoms with Gasteiger partial charge in [-0.1, -0.05) is 23.7 Å². The second-order valence-corrected chi connectivity index (χ2v) is 7.39. The van der Waals surface area contributed by atoms with E-state index in [9.17, 15) is 18.0 Å². The molecule has 0 unspecified atom stereocenters. The van der Waals surface area contributed by atoms with Crippen LogP contribution in [0.15, 0.2) is 53.4 Å². The monoisotopic (exact) mass is 396 g/mol. The normalized spacial score (nSPS) is 11.0. The zero-order valence-electron chi connectivity index (χ0n) is 13.9. The summed E-state index contributed by atoms with van der Waals surface area (Å²) in [5, 5.41) is 2.99. The van der Waals surface area contributed by atoms with Crippen molar-refractivity contribution in [2.45, 2.75) is 11.3 Å². The third-order valence-corrected chi connectivity index (χ3v) is 5.10. The van der Waals surface area contributed by atoms with Gasteiger partial charge in [-0.3, -0.25) is 4.79 Å². The molecule has 0 radical (unpaired) electrons. The molecule has 0 spiro atoms. The number of rotatable bonds is 7. The van der Waals surface area contributed by atoms with Crippen molar-refractivity contribution in [3.63, 3.8) is 0 Å². The van der Waals surface area contributed by atoms with Crippen LogP contribution in [0, 0.1) is 0 Å². The van der Waals surface area contributed by atoms with Crippen LogP contribution in [0.3, 0.4) is 0 Å². The zero-order valence-corrected chi connectivity index (χ0v) is 15.4. The minimum absolute atomic E-state index is 0.0540. The molecule has 2 aromatic rings. The molecule has 0 bridgehead atoms. The number of hydrogen-bond acceptors (Lipinski definition) is 5. The highest BCUT2D eigenvalue weighted by molar-refractivity contribution is 7.89. The molecular weight excluding hydrogens is 380 g/mol. The molecule has 0 atom stereocenters. The average Bonchev–Trinajstić information content (AvgIpc) is 2.61. The second-order valence-electron chi connectivity index (χ2n) is 5.19. The maximum absolute atomic E-state index is 12.1. The van der Waals surface area contributed by atoms with E-state index in [2.05, 4.69) is 14.8 Å². The quantitative estimate of drug-likeness (QED) is 0.700. The highest BCUT2D eigenvalue weighted by atomic mass is 35.5. The van der Waals surface area contributed by atoms with Gasteiger partial charge < -0.3 is 10.1 Å². The number of esters is 1. The molecule has 26 heavy (non-hydrogen) atoms. The first-order chi connectivity index (χ1) is 12.3. The molecule has 0 aliphatic carbocycles. The molecule has 0 saturated carbocycles. The zero-order chi connectivity index (χ0) is 19.2. The first-order valence-corrected chi connectivity index (χ1v) is 9.42. The van der Waals surface area contributed by atoms with E-state index in [1.807, 2.05) is 0 Å². The van der Waals surface area contributed by atoms with Crippen LogP contribution in [0.4, 0.5) is 5.69 Å². The van der Waals surface area contributed by atoms with Crippen molar-refractivity contribution in [3.05, 3.63) is 59.1 Å². The van der Waals surface area contributed by atoms with E-state index >= 15 is 0 Å². The minimum Gasteiger partial charge on any atom is -0.465 e. The maximum atomic E-state index is 12.1. The molecule has 0 aromatic heterocycles. The lowest BCUT2D eigenvalue weighted by molar-refractivity contribution is -0.116. The molecule has 0 heterocycles. The van der Waals surface area contributed by atoms with Gasteiger partial charge in [0.2, 0.25) is 15.9 Å². The maximum Gasteiger partial charge on any atom is 0.339 e. The third-order valence-electron chi connectivity index (χ3n) is 3.37. The summed E-state index contributed by atoms with van der Waals surface area (Å²) in [6.07, 6.45) is -0.109. The van der Waals surface area contributed by atoms with Crippen molar-refractivity contribution < 1.29 is 22.7 Å². The first-order valence-electron chi connectivity index (χ1n) is 7.56. The van der Waals surface area contributed by atoms with Crippen molar-refractivity contribution in [2.24, 2.45) is 0 Å². The number of carbonyl (C=O) groups is 2. The fourth-order valence-corrected chi connectivity index (χ4v) is 3.25. The molecule has 7 nitrogen and oxygen atoms in total. The molecule has 0 aliphatic heterocycles. The SMILES string of the molecule is COC(=O)c1ccccc1NC(=O)CCNS(=O)(=O)c1ccc(Cl)cc1. The van der Waals surface area contributed by atoms with Crippen LogP contribution in [0.1, 0.15) is 16.8 Å². The molecule has 1 amide bonds. The molecule has 0 saturated heterocycles. The minimum atomic E-state index is -3.73. The number of halogens is 1. The van der Waals surface area contributed by atoms with Crippen molar-refractivity contribution >= 4 is 39.2 Å². The third kappa shape index (κ3) is 5.29. The van der Waals surface area contributed by atoms with Crippen LogP contribution in [-0.2, 0) is 19.6 Å². The molecule has 2 aromatic carbocycles. The van der Waals surface area contributed by atoms with E-state index in [1.165, 1.54) is 37.4 Å². The highest BCUT2D eigenvalue weighted by Gasteiger charge is 2.16. The number of amides is 1. The van der Waals surface area contributed by atoms with Crippen LogP contribution in [0.2, 0.25) is 5.02 Å². The number of carbonyl (C=O) groups excluding carboxylic acids is 2. The molecule has 9 heteroatoms. The number of anilines is 1. The standard InChI is InChI=1S/C17H17ClN2O5S/c1-25-17(22)14-4-2-3-5-15(14)20-16(21)10-11-19-26(23,24)13-8-6-12(18)7-9-13/h2-9,19H,10-11H2,1H3,(H,20,21). The topological polar surface area (TPSA) is 102 Å². The Labute approximate surface area is 156 Å². The Hall–Kier alpha value is -2.42. The van der Waals surface area contributed by atoms with Crippen molar-refractivity contribution in [2.75, 3.05) is 19.0 Å². The molecule has 0 fully saturated rings. The predicted molar refractivity (Wildman–Crippen MR) is 97.7 cm³/mol. The van der Waals surface area contributed by atoms with Crippen LogP contribution < -0.4 is 10.0 Å². The smallest absolute Gasteiger partial charge is 0.339 e. The summed E-state index contributed by atoms with van der Waals surface area (Å²) in [7, 11) is -2.49. The van der Waals surface area contributed by atoms with Crippen LogP contribution >= 0.6 is 11.6 Å². The summed E-state index contributed by atoms with van der Waals surface area (Å²) in [5.74, 6) is -1.02. The Balaban J connectivity index is 1.94. The number of ether oxygens (including phenoxy) is 1. The fourth-order valence-electron chi connectivity index (χ4n) is 2.09. The van der Waals surface area contributed by atoms with Gasteiger partial charge in [-0.25, -0.2) is 17.9 Å². The number of benzene rings is 2. The van der Waals surface area contributed by atoms with E-state index in [-0.39, 0.29) is 23.4 Å². The Morgan fingerprint density at radius 3 is 2.38 bits per heavy atom. The first kappa shape index (κ1) is 19.9. The van der Waals surface area contributed by atoms with Crippen molar-refractivity contribution in [3.8, 4) is 0 Å². The largest absolute Gasteiger partial charge is 0.465 e. The molecule has 2 rings (SSSR count). The number of nitrogens with one attached hydrogen (secondary N) is 2. The van der Waals surface area contributed by atoms with Gasteiger partial charge in [-0.2, -0.15) is 0 Å². The lowest BCUT2D eigenvalue weighted by atomic mass is 10.1. The summed E-state index contributed by atoms with van der Waals surface area (Å²) >= 11 is 5.73. The van der Waals surface area contributed by atoms with Crippen molar-refractivity contribution in [1.82, 2.24) is 4.72 Å². The predicted octanol–water partition coefficient (Wildman–Crippen LogP) is 2.43. The molecule has 138 valence electrons. The van der Waals surface area contributed by atoms with E-state index in [0.29, 0.717) is 10.7 Å². The number of para-hydroxylation sites is 1. The van der Waals surface area contributed by atoms with Crippen molar-refractivity contribution in [1.29, 1.82) is 0 Å². The lowest BCUT2D eigenvalue weighted by Crippen LogP contribution is -2.28. The molecule has 2 N–H and O–H groups in total. The van der Waals surface area contributed by atoms with E-state index in [0.717, 1.165) is 0 Å². The number of hydrogen-bond donors (Lipinski definition) is 2. The Bertz CT molecular complexity index is 898.